The Kier molecular flexibility index (Phi) is 5.89. The molecule has 64 valence electrons. The average molecular weight is 194 g/mol. The third kappa shape index (κ3) is 3.84. The van der Waals surface area contributed by atoms with Crippen LogP contribution in [0.25, 0.3) is 0 Å². The Balaban J connectivity index is -0.000000333. The SMILES string of the molecule is O=P1(OO)OCCCCO1.[H-].[H-].[Mg+2]. The molecule has 0 aromatic heterocycles. The maximum atomic E-state index is 10.9. The zero-order chi connectivity index (χ0) is 7.45. The Morgan fingerprint density at radius 3 is 2.18 bits per heavy atom. The van der Waals surface area contributed by atoms with E-state index >= 15 is 0 Å². The van der Waals surface area contributed by atoms with Crippen LogP contribution in [0.15, 0.2) is 0 Å². The molecule has 1 heterocycles. The van der Waals surface area contributed by atoms with Gasteiger partial charge in [0, 0.05) is 0 Å². The second-order valence-electron chi connectivity index (χ2n) is 1.90. The van der Waals surface area contributed by atoms with Crippen LogP contribution < -0.4 is 0 Å². The van der Waals surface area contributed by atoms with Crippen molar-refractivity contribution in [3.05, 3.63) is 0 Å². The molecule has 11 heavy (non-hydrogen) atoms. The Morgan fingerprint density at radius 2 is 1.82 bits per heavy atom. The summed E-state index contributed by atoms with van der Waals surface area (Å²) in [6, 6.07) is 0. The van der Waals surface area contributed by atoms with Gasteiger partial charge in [0.1, 0.15) is 0 Å². The van der Waals surface area contributed by atoms with Crippen molar-refractivity contribution in [2.24, 2.45) is 0 Å². The molecule has 1 saturated heterocycles. The van der Waals surface area contributed by atoms with E-state index in [0.717, 1.165) is 12.8 Å². The van der Waals surface area contributed by atoms with Gasteiger partial charge in [-0.2, -0.15) is 0 Å². The summed E-state index contributed by atoms with van der Waals surface area (Å²) >= 11 is 0. The van der Waals surface area contributed by atoms with Gasteiger partial charge in [-0.1, -0.05) is 0 Å². The summed E-state index contributed by atoms with van der Waals surface area (Å²) < 4.78 is 23.7. The van der Waals surface area contributed by atoms with Crippen molar-refractivity contribution in [3.63, 3.8) is 0 Å². The Hall–Kier alpha value is 0.836. The summed E-state index contributed by atoms with van der Waals surface area (Å²) in [7, 11) is -3.58. The predicted octanol–water partition coefficient (Wildman–Crippen LogP) is 1.26. The van der Waals surface area contributed by atoms with Crippen molar-refractivity contribution in [2.75, 3.05) is 13.2 Å². The molecule has 1 N–H and O–H groups in total. The molecule has 0 aliphatic carbocycles. The summed E-state index contributed by atoms with van der Waals surface area (Å²) in [6.07, 6.45) is 1.54. The van der Waals surface area contributed by atoms with Gasteiger partial charge in [0.2, 0.25) is 0 Å². The van der Waals surface area contributed by atoms with Crippen molar-refractivity contribution >= 4 is 30.9 Å². The molecule has 0 aromatic carbocycles. The second kappa shape index (κ2) is 5.48. The molecular weight excluding hydrogens is 183 g/mol. The molecule has 0 atom stereocenters. The molecule has 1 fully saturated rings. The minimum absolute atomic E-state index is 0. The summed E-state index contributed by atoms with van der Waals surface area (Å²) in [5.74, 6) is 0. The zero-order valence-electron chi connectivity index (χ0n) is 8.06. The minimum atomic E-state index is -3.58. The standard InChI is InChI=1S/C4H9O5P.Mg.2H/c5-9-10(6)7-3-1-2-4-8-10;;;/h5H,1-4H2;;;/q;+2;2*-1. The van der Waals surface area contributed by atoms with E-state index in [2.05, 4.69) is 13.7 Å². The van der Waals surface area contributed by atoms with Crippen LogP contribution in [-0.2, 0) is 18.3 Å². The first kappa shape index (κ1) is 11.8. The number of hydrogen-bond acceptors (Lipinski definition) is 5. The second-order valence-corrected chi connectivity index (χ2v) is 3.48. The van der Waals surface area contributed by atoms with Crippen molar-refractivity contribution in [2.45, 2.75) is 12.8 Å². The van der Waals surface area contributed by atoms with Crippen molar-refractivity contribution in [1.82, 2.24) is 0 Å². The first-order chi connectivity index (χ1) is 4.77. The Labute approximate surface area is 83.7 Å². The van der Waals surface area contributed by atoms with Crippen LogP contribution in [0, 0.1) is 0 Å². The van der Waals surface area contributed by atoms with E-state index in [1.54, 1.807) is 0 Å². The fourth-order valence-corrected chi connectivity index (χ4v) is 1.52. The largest absolute Gasteiger partial charge is 2.00 e. The Bertz CT molecular complexity index is 147. The van der Waals surface area contributed by atoms with Gasteiger partial charge in [-0.3, -0.25) is 9.05 Å². The van der Waals surface area contributed by atoms with Crippen molar-refractivity contribution in [3.8, 4) is 0 Å². The van der Waals surface area contributed by atoms with E-state index in [9.17, 15) is 4.57 Å². The molecule has 0 bridgehead atoms. The molecule has 5 nitrogen and oxygen atoms in total. The molecular formula is C4H11MgO5P. The smallest absolute Gasteiger partial charge is 1.00 e. The van der Waals surface area contributed by atoms with Gasteiger partial charge in [-0.05, 0) is 12.8 Å². The van der Waals surface area contributed by atoms with Crippen LogP contribution in [0.2, 0.25) is 0 Å². The maximum Gasteiger partial charge on any atom is 2.00 e. The first-order valence-corrected chi connectivity index (χ1v) is 4.45. The normalized spacial score (nSPS) is 23.4. The van der Waals surface area contributed by atoms with E-state index in [1.807, 2.05) is 0 Å². The fourth-order valence-electron chi connectivity index (χ4n) is 0.641. The summed E-state index contributed by atoms with van der Waals surface area (Å²) in [4.78, 5) is 0. The van der Waals surface area contributed by atoms with Crippen LogP contribution >= 0.6 is 7.82 Å². The van der Waals surface area contributed by atoms with Gasteiger partial charge >= 0.3 is 30.9 Å². The van der Waals surface area contributed by atoms with Crippen molar-refractivity contribution in [1.29, 1.82) is 0 Å². The molecule has 0 radical (unpaired) electrons. The van der Waals surface area contributed by atoms with Crippen LogP contribution in [0.3, 0.4) is 0 Å². The van der Waals surface area contributed by atoms with Gasteiger partial charge in [-0.25, -0.2) is 9.82 Å². The topological polar surface area (TPSA) is 65.0 Å². The van der Waals surface area contributed by atoms with Crippen LogP contribution in [-0.4, -0.2) is 41.5 Å². The van der Waals surface area contributed by atoms with E-state index in [4.69, 9.17) is 5.26 Å². The fraction of sp³-hybridized carbons (Fsp3) is 1.00. The number of phosphoric acid groups is 1. The molecule has 0 spiro atoms. The molecule has 1 aliphatic heterocycles. The molecule has 0 amide bonds. The number of hydrogen-bond donors (Lipinski definition) is 1. The monoisotopic (exact) mass is 194 g/mol. The van der Waals surface area contributed by atoms with E-state index in [0.29, 0.717) is 13.2 Å². The molecule has 0 saturated carbocycles. The molecule has 1 aliphatic rings. The summed E-state index contributed by atoms with van der Waals surface area (Å²) in [6.45, 7) is 0.607. The zero-order valence-corrected chi connectivity index (χ0v) is 8.37. The predicted molar refractivity (Wildman–Crippen MR) is 40.4 cm³/mol. The molecule has 0 aromatic rings. The van der Waals surface area contributed by atoms with E-state index < -0.39 is 7.82 Å². The average Bonchev–Trinajstić information content (AvgIpc) is 2.15. The van der Waals surface area contributed by atoms with Gasteiger partial charge in [-0.15, -0.1) is 4.67 Å². The third-order valence-electron chi connectivity index (χ3n) is 1.14. The van der Waals surface area contributed by atoms with Crippen LogP contribution in [0.4, 0.5) is 0 Å². The van der Waals surface area contributed by atoms with Gasteiger partial charge < -0.3 is 2.85 Å². The Morgan fingerprint density at radius 1 is 1.36 bits per heavy atom. The third-order valence-corrected chi connectivity index (χ3v) is 2.34. The van der Waals surface area contributed by atoms with Gasteiger partial charge in [0.25, 0.3) is 0 Å². The quantitative estimate of drug-likeness (QED) is 0.295. The van der Waals surface area contributed by atoms with Crippen LogP contribution in [0.5, 0.6) is 0 Å². The van der Waals surface area contributed by atoms with Gasteiger partial charge in [0.05, 0.1) is 13.2 Å². The van der Waals surface area contributed by atoms with Gasteiger partial charge in [0.15, 0.2) is 0 Å². The molecule has 0 unspecified atom stereocenters. The molecule has 1 rings (SSSR count). The van der Waals surface area contributed by atoms with E-state index in [-0.39, 0.29) is 25.9 Å². The first-order valence-electron chi connectivity index (χ1n) is 2.99. The minimum Gasteiger partial charge on any atom is -1.00 e. The summed E-state index contributed by atoms with van der Waals surface area (Å²) in [5.41, 5.74) is 0. The number of rotatable bonds is 1. The number of phosphoric ester groups is 1. The van der Waals surface area contributed by atoms with Crippen molar-refractivity contribution < 1.29 is 26.4 Å². The van der Waals surface area contributed by atoms with Crippen LogP contribution in [0.1, 0.15) is 15.7 Å². The maximum absolute atomic E-state index is 10.9. The summed E-state index contributed by atoms with van der Waals surface area (Å²) in [5, 5.41) is 8.06. The molecule has 7 heteroatoms. The van der Waals surface area contributed by atoms with E-state index in [1.165, 1.54) is 0 Å².